The first-order valence-electron chi connectivity index (χ1n) is 3.63. The molecule has 0 saturated heterocycles. The van der Waals surface area contributed by atoms with E-state index in [9.17, 15) is 14.7 Å². The van der Waals surface area contributed by atoms with Gasteiger partial charge < -0.3 is 4.52 Å². The van der Waals surface area contributed by atoms with Gasteiger partial charge in [-0.3, -0.25) is 0 Å². The lowest BCUT2D eigenvalue weighted by Crippen LogP contribution is -2.09. The van der Waals surface area contributed by atoms with Gasteiger partial charge in [-0.25, -0.2) is 10.5 Å². The van der Waals surface area contributed by atoms with Gasteiger partial charge in [0.25, 0.3) is 0 Å². The van der Waals surface area contributed by atoms with E-state index < -0.39 is 12.9 Å². The number of para-hydroxylation sites is 1. The highest BCUT2D eigenvalue weighted by molar-refractivity contribution is 7.48. The number of phosphoric acid groups is 1. The van der Waals surface area contributed by atoms with Gasteiger partial charge in [0.15, 0.2) is 0 Å². The summed E-state index contributed by atoms with van der Waals surface area (Å²) in [6, 6.07) is 7.64. The van der Waals surface area contributed by atoms with Crippen LogP contribution in [0.25, 0.3) is 0 Å². The van der Waals surface area contributed by atoms with Crippen LogP contribution in [-0.4, -0.2) is 5.09 Å². The molecule has 0 aliphatic rings. The summed E-state index contributed by atoms with van der Waals surface area (Å²) in [6.07, 6.45) is 0. The fraction of sp³-hybridized carbons (Fsp3) is 0. The minimum Gasteiger partial charge on any atom is -0.405 e. The Bertz CT molecular complexity index is 382. The first-order chi connectivity index (χ1) is 7.06. The second-order valence-corrected chi connectivity index (χ2v) is 3.71. The third-order valence-corrected chi connectivity index (χ3v) is 2.28. The van der Waals surface area contributed by atoms with Crippen molar-refractivity contribution >= 4 is 7.82 Å². The lowest BCUT2D eigenvalue weighted by atomic mass is 10.3. The van der Waals surface area contributed by atoms with E-state index in [0.29, 0.717) is 0 Å². The van der Waals surface area contributed by atoms with E-state index in [4.69, 9.17) is 0 Å². The highest BCUT2D eigenvalue weighted by Gasteiger charge is 2.31. The van der Waals surface area contributed by atoms with Crippen LogP contribution in [0, 0.1) is 10.1 Å². The molecule has 0 saturated carbocycles. The highest BCUT2D eigenvalue weighted by atomic mass is 31.2. The molecule has 2 N–H and O–H groups in total. The van der Waals surface area contributed by atoms with E-state index in [0.717, 1.165) is 0 Å². The smallest absolute Gasteiger partial charge is 0.405 e. The summed E-state index contributed by atoms with van der Waals surface area (Å²) < 4.78 is 23.5. The Hall–Kier alpha value is -1.63. The molecule has 9 heteroatoms. The van der Waals surface area contributed by atoms with Crippen molar-refractivity contribution in [3.8, 4) is 5.75 Å². The van der Waals surface area contributed by atoms with Gasteiger partial charge in [0.1, 0.15) is 5.75 Å². The molecule has 1 unspecified atom stereocenters. The van der Waals surface area contributed by atoms with Crippen molar-refractivity contribution in [2.24, 2.45) is 5.90 Å². The normalized spacial score (nSPS) is 13.9. The Labute approximate surface area is 84.2 Å². The maximum absolute atomic E-state index is 11.3. The van der Waals surface area contributed by atoms with E-state index >= 15 is 0 Å². The van der Waals surface area contributed by atoms with Gasteiger partial charge in [0.2, 0.25) is 0 Å². The zero-order valence-corrected chi connectivity index (χ0v) is 8.20. The molecule has 0 aliphatic heterocycles. The zero-order chi connectivity index (χ0) is 11.3. The molecule has 15 heavy (non-hydrogen) atoms. The number of benzene rings is 1. The molecule has 1 aromatic carbocycles. The molecule has 8 nitrogen and oxygen atoms in total. The predicted octanol–water partition coefficient (Wildman–Crippen LogP) is 1.27. The van der Waals surface area contributed by atoms with Crippen LogP contribution < -0.4 is 10.4 Å². The Morgan fingerprint density at radius 2 is 1.93 bits per heavy atom. The summed E-state index contributed by atoms with van der Waals surface area (Å²) >= 11 is 0. The van der Waals surface area contributed by atoms with Crippen LogP contribution in [0.1, 0.15) is 0 Å². The molecule has 0 aromatic heterocycles. The SMILES string of the molecule is NOP(=O)(Oc1ccccc1)O[N+](=O)[O-]. The van der Waals surface area contributed by atoms with Gasteiger partial charge in [-0.05, 0) is 12.1 Å². The fourth-order valence-corrected chi connectivity index (χ4v) is 1.41. The molecule has 0 aliphatic carbocycles. The molecular weight excluding hydrogens is 227 g/mol. The predicted molar refractivity (Wildman–Crippen MR) is 48.0 cm³/mol. The molecule has 1 rings (SSSR count). The molecule has 1 aromatic rings. The third-order valence-electron chi connectivity index (χ3n) is 1.26. The van der Waals surface area contributed by atoms with Gasteiger partial charge in [0.05, 0.1) is 0 Å². The van der Waals surface area contributed by atoms with Crippen LogP contribution in [0.15, 0.2) is 30.3 Å². The van der Waals surface area contributed by atoms with Gasteiger partial charge in [0, 0.05) is 0 Å². The molecule has 0 spiro atoms. The monoisotopic (exact) mass is 234 g/mol. The quantitative estimate of drug-likeness (QED) is 0.463. The van der Waals surface area contributed by atoms with E-state index in [1.807, 2.05) is 0 Å². The molecule has 0 amide bonds. The molecule has 0 bridgehead atoms. The summed E-state index contributed by atoms with van der Waals surface area (Å²) in [5.74, 6) is 4.66. The zero-order valence-electron chi connectivity index (χ0n) is 7.31. The number of nitrogens with two attached hydrogens (primary N) is 1. The van der Waals surface area contributed by atoms with Crippen LogP contribution in [0.5, 0.6) is 5.75 Å². The summed E-state index contributed by atoms with van der Waals surface area (Å²) in [5, 5.41) is 8.65. The van der Waals surface area contributed by atoms with E-state index in [2.05, 4.69) is 19.7 Å². The molecule has 1 atom stereocenters. The minimum atomic E-state index is -4.40. The summed E-state index contributed by atoms with van der Waals surface area (Å²) in [6.45, 7) is 0. The minimum absolute atomic E-state index is 0.0770. The highest BCUT2D eigenvalue weighted by Crippen LogP contribution is 2.47. The van der Waals surface area contributed by atoms with E-state index in [1.165, 1.54) is 12.1 Å². The summed E-state index contributed by atoms with van der Waals surface area (Å²) in [7, 11) is -4.40. The van der Waals surface area contributed by atoms with Crippen molar-refractivity contribution in [3.63, 3.8) is 0 Å². The van der Waals surface area contributed by atoms with Crippen LogP contribution in [0.4, 0.5) is 0 Å². The lowest BCUT2D eigenvalue weighted by Gasteiger charge is -2.12. The largest absolute Gasteiger partial charge is 0.576 e. The van der Waals surface area contributed by atoms with Gasteiger partial charge in [-0.15, -0.1) is 10.1 Å². The van der Waals surface area contributed by atoms with Gasteiger partial charge >= 0.3 is 12.9 Å². The second-order valence-electron chi connectivity index (χ2n) is 2.26. The van der Waals surface area contributed by atoms with Crippen molar-refractivity contribution in [1.82, 2.24) is 0 Å². The van der Waals surface area contributed by atoms with Gasteiger partial charge in [-0.1, -0.05) is 18.2 Å². The second kappa shape index (κ2) is 4.74. The number of nitrogens with zero attached hydrogens (tertiary/aromatic N) is 1. The fourth-order valence-electron chi connectivity index (χ4n) is 0.750. The van der Waals surface area contributed by atoms with Crippen LogP contribution in [-0.2, 0) is 13.8 Å². The van der Waals surface area contributed by atoms with Crippen LogP contribution in [0.2, 0.25) is 0 Å². The van der Waals surface area contributed by atoms with Crippen molar-refractivity contribution in [3.05, 3.63) is 40.4 Å². The third kappa shape index (κ3) is 3.55. The Morgan fingerprint density at radius 3 is 2.40 bits per heavy atom. The Morgan fingerprint density at radius 1 is 1.33 bits per heavy atom. The summed E-state index contributed by atoms with van der Waals surface area (Å²) in [5.41, 5.74) is 0. The number of hydrogen-bond donors (Lipinski definition) is 1. The van der Waals surface area contributed by atoms with Crippen LogP contribution in [0.3, 0.4) is 0 Å². The average Bonchev–Trinajstić information content (AvgIpc) is 2.18. The molecule has 0 heterocycles. The Balaban J connectivity index is 2.77. The number of rotatable bonds is 5. The molecule has 0 fully saturated rings. The maximum Gasteiger partial charge on any atom is 0.576 e. The standard InChI is InChI=1S/C6H7N2O6P/c7-13-15(11,14-8(9)10)12-6-4-2-1-3-5-6/h1-5H,7H2. The topological polar surface area (TPSA) is 114 Å². The Kier molecular flexibility index (Phi) is 3.62. The average molecular weight is 234 g/mol. The van der Waals surface area contributed by atoms with Gasteiger partial charge in [-0.2, -0.15) is 9.25 Å². The summed E-state index contributed by atoms with van der Waals surface area (Å²) in [4.78, 5) is 9.96. The van der Waals surface area contributed by atoms with E-state index in [-0.39, 0.29) is 5.75 Å². The van der Waals surface area contributed by atoms with Crippen LogP contribution >= 0.6 is 7.82 Å². The molecule has 82 valence electrons. The first kappa shape index (κ1) is 11.4. The molecule has 0 radical (unpaired) electrons. The molecular formula is C6H7N2O6P. The number of hydrogen-bond acceptors (Lipinski definition) is 7. The van der Waals surface area contributed by atoms with Crippen molar-refractivity contribution in [1.29, 1.82) is 0 Å². The van der Waals surface area contributed by atoms with Crippen molar-refractivity contribution < 1.29 is 23.4 Å². The van der Waals surface area contributed by atoms with E-state index in [1.54, 1.807) is 18.2 Å². The maximum atomic E-state index is 11.3. The lowest BCUT2D eigenvalue weighted by molar-refractivity contribution is -0.717. The van der Waals surface area contributed by atoms with Crippen molar-refractivity contribution in [2.75, 3.05) is 0 Å². The van der Waals surface area contributed by atoms with Crippen molar-refractivity contribution in [2.45, 2.75) is 0 Å². The first-order valence-corrected chi connectivity index (χ1v) is 5.09.